The molecule has 0 spiro atoms. The van der Waals surface area contributed by atoms with E-state index in [0.717, 1.165) is 12.3 Å². The Morgan fingerprint density at radius 3 is 2.68 bits per heavy atom. The first kappa shape index (κ1) is 16.1. The Kier molecular flexibility index (Phi) is 5.88. The molecule has 1 aromatic rings. The number of benzene rings is 1. The number of primary amides is 1. The number of amides is 1. The van der Waals surface area contributed by atoms with Crippen LogP contribution in [-0.4, -0.2) is 17.2 Å². The summed E-state index contributed by atoms with van der Waals surface area (Å²) in [4.78, 5) is 12.2. The molecule has 0 bridgehead atoms. The molecule has 1 amide bonds. The van der Waals surface area contributed by atoms with E-state index in [9.17, 15) is 4.79 Å². The highest BCUT2D eigenvalue weighted by atomic mass is 32.2. The first-order chi connectivity index (χ1) is 8.78. The fourth-order valence-corrected chi connectivity index (χ4v) is 2.43. The molecule has 0 saturated heterocycles. The Morgan fingerprint density at radius 2 is 2.11 bits per heavy atom. The zero-order chi connectivity index (χ0) is 14.5. The van der Waals surface area contributed by atoms with E-state index in [-0.39, 0.29) is 17.4 Å². The van der Waals surface area contributed by atoms with E-state index in [1.165, 1.54) is 10.5 Å². The highest BCUT2D eigenvalue weighted by Gasteiger charge is 2.10. The van der Waals surface area contributed by atoms with E-state index in [1.807, 2.05) is 6.92 Å². The van der Waals surface area contributed by atoms with Crippen molar-refractivity contribution in [3.8, 4) is 0 Å². The SMILES string of the molecule is CC(CSc1cccc(CNC(C)(C)C)c1)C(N)=O. The van der Waals surface area contributed by atoms with Crippen molar-refractivity contribution in [2.24, 2.45) is 11.7 Å². The van der Waals surface area contributed by atoms with Crippen molar-refractivity contribution in [3.63, 3.8) is 0 Å². The van der Waals surface area contributed by atoms with Gasteiger partial charge in [0.15, 0.2) is 0 Å². The molecule has 0 aliphatic carbocycles. The Labute approximate surface area is 120 Å². The number of carbonyl (C=O) groups excluding carboxylic acids is 1. The molecule has 1 unspecified atom stereocenters. The van der Waals surface area contributed by atoms with Crippen molar-refractivity contribution in [2.45, 2.75) is 44.7 Å². The molecule has 0 saturated carbocycles. The van der Waals surface area contributed by atoms with Gasteiger partial charge < -0.3 is 11.1 Å². The molecular formula is C15H24N2OS. The third-order valence-corrected chi connectivity index (χ3v) is 3.96. The minimum absolute atomic E-state index is 0.0960. The van der Waals surface area contributed by atoms with E-state index in [4.69, 9.17) is 5.73 Å². The number of thioether (sulfide) groups is 1. The van der Waals surface area contributed by atoms with Crippen molar-refractivity contribution in [2.75, 3.05) is 5.75 Å². The van der Waals surface area contributed by atoms with E-state index < -0.39 is 0 Å². The number of carbonyl (C=O) groups is 1. The van der Waals surface area contributed by atoms with Crippen LogP contribution >= 0.6 is 11.8 Å². The Morgan fingerprint density at radius 1 is 1.42 bits per heavy atom. The number of nitrogens with one attached hydrogen (secondary N) is 1. The highest BCUT2D eigenvalue weighted by molar-refractivity contribution is 7.99. The van der Waals surface area contributed by atoms with E-state index in [0.29, 0.717) is 0 Å². The quantitative estimate of drug-likeness (QED) is 0.788. The molecule has 1 aromatic carbocycles. The van der Waals surface area contributed by atoms with Crippen LogP contribution in [0, 0.1) is 5.92 Å². The zero-order valence-electron chi connectivity index (χ0n) is 12.2. The van der Waals surface area contributed by atoms with Crippen molar-refractivity contribution in [3.05, 3.63) is 29.8 Å². The van der Waals surface area contributed by atoms with Gasteiger partial charge in [0, 0.05) is 28.6 Å². The summed E-state index contributed by atoms with van der Waals surface area (Å²) in [7, 11) is 0. The van der Waals surface area contributed by atoms with Crippen LogP contribution in [0.3, 0.4) is 0 Å². The van der Waals surface area contributed by atoms with Gasteiger partial charge in [0.2, 0.25) is 5.91 Å². The predicted molar refractivity (Wildman–Crippen MR) is 82.1 cm³/mol. The number of nitrogens with two attached hydrogens (primary N) is 1. The summed E-state index contributed by atoms with van der Waals surface area (Å²) in [5.74, 6) is 0.394. The largest absolute Gasteiger partial charge is 0.369 e. The number of rotatable bonds is 6. The molecule has 0 aliphatic heterocycles. The molecule has 0 aliphatic rings. The van der Waals surface area contributed by atoms with Crippen LogP contribution in [0.15, 0.2) is 29.2 Å². The van der Waals surface area contributed by atoms with E-state index in [1.54, 1.807) is 11.8 Å². The molecule has 1 atom stereocenters. The summed E-state index contributed by atoms with van der Waals surface area (Å²) in [6, 6.07) is 8.40. The van der Waals surface area contributed by atoms with E-state index in [2.05, 4.69) is 50.4 Å². The monoisotopic (exact) mass is 280 g/mol. The normalized spacial score (nSPS) is 13.3. The fraction of sp³-hybridized carbons (Fsp3) is 0.533. The molecule has 4 heteroatoms. The minimum Gasteiger partial charge on any atom is -0.369 e. The van der Waals surface area contributed by atoms with Crippen LogP contribution in [0.25, 0.3) is 0 Å². The Balaban J connectivity index is 2.55. The van der Waals surface area contributed by atoms with Crippen LogP contribution in [0.4, 0.5) is 0 Å². The summed E-state index contributed by atoms with van der Waals surface area (Å²) < 4.78 is 0. The third-order valence-electron chi connectivity index (χ3n) is 2.71. The first-order valence-corrected chi connectivity index (χ1v) is 7.52. The molecule has 0 aromatic heterocycles. The van der Waals surface area contributed by atoms with Gasteiger partial charge >= 0.3 is 0 Å². The van der Waals surface area contributed by atoms with Crippen LogP contribution in [0.1, 0.15) is 33.3 Å². The van der Waals surface area contributed by atoms with Gasteiger partial charge in [-0.3, -0.25) is 4.79 Å². The lowest BCUT2D eigenvalue weighted by Crippen LogP contribution is -2.35. The van der Waals surface area contributed by atoms with Crippen molar-refractivity contribution in [1.82, 2.24) is 5.32 Å². The Bertz CT molecular complexity index is 426. The molecule has 3 nitrogen and oxygen atoms in total. The smallest absolute Gasteiger partial charge is 0.221 e. The second-order valence-corrected chi connectivity index (χ2v) is 6.96. The molecule has 0 heterocycles. The zero-order valence-corrected chi connectivity index (χ0v) is 13.0. The summed E-state index contributed by atoms with van der Waals surface area (Å²) in [5, 5.41) is 3.47. The molecule has 1 rings (SSSR count). The van der Waals surface area contributed by atoms with Crippen LogP contribution in [0.5, 0.6) is 0 Å². The molecule has 106 valence electrons. The predicted octanol–water partition coefficient (Wildman–Crippen LogP) is 2.79. The molecular weight excluding hydrogens is 256 g/mol. The third kappa shape index (κ3) is 6.64. The lowest BCUT2D eigenvalue weighted by atomic mass is 10.1. The average Bonchev–Trinajstić information content (AvgIpc) is 2.33. The van der Waals surface area contributed by atoms with Gasteiger partial charge in [0.1, 0.15) is 0 Å². The van der Waals surface area contributed by atoms with E-state index >= 15 is 0 Å². The molecule has 0 fully saturated rings. The van der Waals surface area contributed by atoms with Gasteiger partial charge in [-0.05, 0) is 38.5 Å². The first-order valence-electron chi connectivity index (χ1n) is 6.54. The molecule has 3 N–H and O–H groups in total. The topological polar surface area (TPSA) is 55.1 Å². The lowest BCUT2D eigenvalue weighted by molar-refractivity contribution is -0.120. The summed E-state index contributed by atoms with van der Waals surface area (Å²) in [5.41, 5.74) is 6.63. The lowest BCUT2D eigenvalue weighted by Gasteiger charge is -2.20. The second-order valence-electron chi connectivity index (χ2n) is 5.87. The standard InChI is InChI=1S/C15H24N2OS/c1-11(14(16)18)10-19-13-7-5-6-12(8-13)9-17-15(2,3)4/h5-8,11,17H,9-10H2,1-4H3,(H2,16,18). The van der Waals surface area contributed by atoms with Gasteiger partial charge in [-0.25, -0.2) is 0 Å². The molecule has 19 heavy (non-hydrogen) atoms. The molecule has 0 radical (unpaired) electrons. The van der Waals surface area contributed by atoms with Crippen LogP contribution in [0.2, 0.25) is 0 Å². The van der Waals surface area contributed by atoms with Gasteiger partial charge in [0.05, 0.1) is 0 Å². The van der Waals surface area contributed by atoms with Crippen LogP contribution in [-0.2, 0) is 11.3 Å². The fourth-order valence-electron chi connectivity index (χ4n) is 1.42. The maximum atomic E-state index is 11.0. The minimum atomic E-state index is -0.238. The highest BCUT2D eigenvalue weighted by Crippen LogP contribution is 2.22. The van der Waals surface area contributed by atoms with Crippen molar-refractivity contribution in [1.29, 1.82) is 0 Å². The summed E-state index contributed by atoms with van der Waals surface area (Å²) in [6.07, 6.45) is 0. The maximum absolute atomic E-state index is 11.0. The second kappa shape index (κ2) is 6.96. The van der Waals surface area contributed by atoms with Crippen LogP contribution < -0.4 is 11.1 Å². The van der Waals surface area contributed by atoms with Crippen molar-refractivity contribution >= 4 is 17.7 Å². The summed E-state index contributed by atoms with van der Waals surface area (Å²) >= 11 is 1.68. The number of hydrogen-bond donors (Lipinski definition) is 2. The van der Waals surface area contributed by atoms with Gasteiger partial charge in [-0.1, -0.05) is 19.1 Å². The van der Waals surface area contributed by atoms with Gasteiger partial charge in [0.25, 0.3) is 0 Å². The Hall–Kier alpha value is -1.00. The van der Waals surface area contributed by atoms with Gasteiger partial charge in [-0.15, -0.1) is 11.8 Å². The van der Waals surface area contributed by atoms with Crippen molar-refractivity contribution < 1.29 is 4.79 Å². The summed E-state index contributed by atoms with van der Waals surface area (Å²) in [6.45, 7) is 9.17. The number of hydrogen-bond acceptors (Lipinski definition) is 3. The van der Waals surface area contributed by atoms with Gasteiger partial charge in [-0.2, -0.15) is 0 Å². The average molecular weight is 280 g/mol. The maximum Gasteiger partial charge on any atom is 0.221 e.